The van der Waals surface area contributed by atoms with Crippen LogP contribution < -0.4 is 16.4 Å². The first kappa shape index (κ1) is 56.7. The monoisotopic (exact) mass is 854 g/mol. The third kappa shape index (κ3) is 35.8. The first-order valence-corrected chi connectivity index (χ1v) is 26.2. The predicted octanol–water partition coefficient (Wildman–Crippen LogP) is 14.1. The van der Waals surface area contributed by atoms with Crippen LogP contribution in [0.25, 0.3) is 0 Å². The SMILES string of the molecule is CCCCCCCCCCCCCCCC(CCC)CCCCCCCCCCCC(CC)C(=O)N=CN(CCCNCCCCNCCCN)C(=O)OCc1ccccc1. The minimum atomic E-state index is -0.474. The number of carbonyl (C=O) groups excluding carboxylic acids is 2. The highest BCUT2D eigenvalue weighted by Gasteiger charge is 2.18. The van der Waals surface area contributed by atoms with Crippen molar-refractivity contribution in [2.75, 3.05) is 39.3 Å². The summed E-state index contributed by atoms with van der Waals surface area (Å²) < 4.78 is 5.61. The zero-order valence-corrected chi connectivity index (χ0v) is 40.4. The molecule has 0 radical (unpaired) electrons. The van der Waals surface area contributed by atoms with Crippen LogP contribution in [0, 0.1) is 11.8 Å². The van der Waals surface area contributed by atoms with Gasteiger partial charge in [-0.1, -0.05) is 218 Å². The highest BCUT2D eigenvalue weighted by Crippen LogP contribution is 2.24. The molecule has 8 nitrogen and oxygen atoms in total. The summed E-state index contributed by atoms with van der Waals surface area (Å²) in [7, 11) is 0. The molecule has 0 aliphatic carbocycles. The molecule has 61 heavy (non-hydrogen) atoms. The summed E-state index contributed by atoms with van der Waals surface area (Å²) in [4.78, 5) is 32.0. The van der Waals surface area contributed by atoms with Crippen LogP contribution in [0.3, 0.4) is 0 Å². The molecular formula is C53H99N5O3. The number of nitrogens with zero attached hydrogens (tertiary/aromatic N) is 2. The van der Waals surface area contributed by atoms with E-state index in [0.717, 1.165) is 89.2 Å². The molecule has 0 spiro atoms. The minimum Gasteiger partial charge on any atom is -0.444 e. The molecule has 1 aromatic rings. The molecule has 0 fully saturated rings. The highest BCUT2D eigenvalue weighted by molar-refractivity contribution is 5.91. The topological polar surface area (TPSA) is 109 Å². The zero-order chi connectivity index (χ0) is 44.1. The summed E-state index contributed by atoms with van der Waals surface area (Å²) in [6, 6.07) is 9.67. The lowest BCUT2D eigenvalue weighted by Gasteiger charge is -2.18. The van der Waals surface area contributed by atoms with Gasteiger partial charge in [-0.3, -0.25) is 9.69 Å². The van der Waals surface area contributed by atoms with Gasteiger partial charge in [-0.05, 0) is 82.7 Å². The maximum Gasteiger partial charge on any atom is 0.415 e. The molecule has 0 bridgehead atoms. The Balaban J connectivity index is 2.23. The van der Waals surface area contributed by atoms with Gasteiger partial charge in [-0.15, -0.1) is 0 Å². The number of unbranched alkanes of at least 4 members (excludes halogenated alkanes) is 21. The van der Waals surface area contributed by atoms with Crippen LogP contribution in [0.4, 0.5) is 4.79 Å². The molecule has 0 saturated heterocycles. The van der Waals surface area contributed by atoms with Gasteiger partial charge >= 0.3 is 6.09 Å². The van der Waals surface area contributed by atoms with E-state index in [-0.39, 0.29) is 18.4 Å². The molecule has 4 N–H and O–H groups in total. The van der Waals surface area contributed by atoms with Crippen molar-refractivity contribution in [1.82, 2.24) is 15.5 Å². The molecule has 8 heteroatoms. The highest BCUT2D eigenvalue weighted by atomic mass is 16.6. The van der Waals surface area contributed by atoms with Crippen LogP contribution in [0.2, 0.25) is 0 Å². The van der Waals surface area contributed by atoms with Gasteiger partial charge in [0.1, 0.15) is 12.9 Å². The molecule has 0 heterocycles. The van der Waals surface area contributed by atoms with E-state index in [9.17, 15) is 9.59 Å². The second kappa shape index (κ2) is 44.3. The van der Waals surface area contributed by atoms with Gasteiger partial charge in [0.25, 0.3) is 0 Å². The second-order valence-corrected chi connectivity index (χ2v) is 18.1. The summed E-state index contributed by atoms with van der Waals surface area (Å²) >= 11 is 0. The van der Waals surface area contributed by atoms with Crippen LogP contribution in [-0.4, -0.2) is 62.5 Å². The lowest BCUT2D eigenvalue weighted by Crippen LogP contribution is -2.33. The fourth-order valence-corrected chi connectivity index (χ4v) is 8.44. The van der Waals surface area contributed by atoms with Gasteiger partial charge in [0, 0.05) is 12.5 Å². The Morgan fingerprint density at radius 2 is 1.07 bits per heavy atom. The standard InChI is InChI=1S/C53H99N5O3/c1-4-7-8-9-10-11-12-13-14-16-19-22-26-36-49(35-5-2)37-27-23-20-17-15-18-21-24-30-40-51(6-3)52(59)57-48-58(53(60)61-47-50-38-28-25-29-39-50)46-34-45-56-43-32-31-42-55-44-33-41-54/h25,28-29,38-39,48-49,51,55-56H,4-24,26-27,30-37,40-47,54H2,1-3H3. The van der Waals surface area contributed by atoms with E-state index >= 15 is 0 Å². The summed E-state index contributed by atoms with van der Waals surface area (Å²) in [6.07, 6.45) is 42.5. The fraction of sp³-hybridized carbons (Fsp3) is 0.830. The molecule has 1 aromatic carbocycles. The van der Waals surface area contributed by atoms with Gasteiger partial charge < -0.3 is 21.1 Å². The van der Waals surface area contributed by atoms with Crippen LogP contribution in [-0.2, 0) is 16.1 Å². The van der Waals surface area contributed by atoms with E-state index < -0.39 is 6.09 Å². The summed E-state index contributed by atoms with van der Waals surface area (Å²) in [5, 5.41) is 6.88. The van der Waals surface area contributed by atoms with Crippen LogP contribution >= 0.6 is 0 Å². The van der Waals surface area contributed by atoms with Gasteiger partial charge in [0.05, 0.1) is 0 Å². The van der Waals surface area contributed by atoms with Crippen molar-refractivity contribution in [3.8, 4) is 0 Å². The average molecular weight is 854 g/mol. The Hall–Kier alpha value is -2.29. The lowest BCUT2D eigenvalue weighted by molar-refractivity contribution is -0.121. The van der Waals surface area contributed by atoms with E-state index in [4.69, 9.17) is 10.5 Å². The number of amides is 2. The van der Waals surface area contributed by atoms with Crippen molar-refractivity contribution in [1.29, 1.82) is 0 Å². The number of nitrogens with two attached hydrogens (primary N) is 1. The third-order valence-corrected chi connectivity index (χ3v) is 12.5. The number of aliphatic imine (C=N–C) groups is 1. The smallest absolute Gasteiger partial charge is 0.415 e. The molecule has 2 unspecified atom stereocenters. The van der Waals surface area contributed by atoms with Crippen molar-refractivity contribution in [2.45, 2.75) is 233 Å². The van der Waals surface area contributed by atoms with Crippen LogP contribution in [0.15, 0.2) is 35.3 Å². The number of hydrogen-bond acceptors (Lipinski definition) is 6. The van der Waals surface area contributed by atoms with Crippen molar-refractivity contribution >= 4 is 18.3 Å². The van der Waals surface area contributed by atoms with Gasteiger partial charge in [-0.25, -0.2) is 9.79 Å². The maximum absolute atomic E-state index is 13.2. The van der Waals surface area contributed by atoms with Gasteiger partial charge in [0.2, 0.25) is 5.91 Å². The Labute approximate surface area is 377 Å². The van der Waals surface area contributed by atoms with Crippen molar-refractivity contribution in [3.63, 3.8) is 0 Å². The number of ether oxygens (including phenoxy) is 1. The van der Waals surface area contributed by atoms with Crippen molar-refractivity contribution < 1.29 is 14.3 Å². The fourth-order valence-electron chi connectivity index (χ4n) is 8.44. The third-order valence-electron chi connectivity index (χ3n) is 12.5. The summed E-state index contributed by atoms with van der Waals surface area (Å²) in [5.74, 6) is 0.716. The van der Waals surface area contributed by atoms with Crippen LogP contribution in [0.1, 0.15) is 232 Å². The Bertz CT molecular complexity index is 1120. The molecule has 0 aromatic heterocycles. The van der Waals surface area contributed by atoms with Gasteiger partial charge in [-0.2, -0.15) is 0 Å². The quantitative estimate of drug-likeness (QED) is 0.0342. The van der Waals surface area contributed by atoms with Crippen molar-refractivity contribution in [2.24, 2.45) is 22.6 Å². The van der Waals surface area contributed by atoms with E-state index in [1.165, 1.54) is 172 Å². The Morgan fingerprint density at radius 3 is 1.56 bits per heavy atom. The summed E-state index contributed by atoms with van der Waals surface area (Å²) in [6.45, 7) is 11.8. The van der Waals surface area contributed by atoms with E-state index in [0.29, 0.717) is 6.54 Å². The van der Waals surface area contributed by atoms with E-state index in [1.807, 2.05) is 30.3 Å². The first-order valence-electron chi connectivity index (χ1n) is 26.2. The average Bonchev–Trinajstić information content (AvgIpc) is 3.27. The predicted molar refractivity (Wildman–Crippen MR) is 263 cm³/mol. The molecule has 0 saturated carbocycles. The lowest BCUT2D eigenvalue weighted by atomic mass is 9.90. The number of rotatable bonds is 45. The maximum atomic E-state index is 13.2. The molecule has 2 atom stereocenters. The Kier molecular flexibility index (Phi) is 41.2. The minimum absolute atomic E-state index is 0.106. The second-order valence-electron chi connectivity index (χ2n) is 18.1. The molecule has 0 aliphatic rings. The number of benzene rings is 1. The van der Waals surface area contributed by atoms with Crippen LogP contribution in [0.5, 0.6) is 0 Å². The Morgan fingerprint density at radius 1 is 0.590 bits per heavy atom. The molecule has 2 amide bonds. The molecule has 1 rings (SSSR count). The molecular weight excluding hydrogens is 755 g/mol. The number of nitrogens with one attached hydrogen (secondary N) is 2. The normalized spacial score (nSPS) is 12.6. The van der Waals surface area contributed by atoms with Gasteiger partial charge in [0.15, 0.2) is 0 Å². The number of carbonyl (C=O) groups is 2. The van der Waals surface area contributed by atoms with E-state index in [1.54, 1.807) is 0 Å². The first-order chi connectivity index (χ1) is 30.0. The van der Waals surface area contributed by atoms with E-state index in [2.05, 4.69) is 36.4 Å². The molecule has 0 aliphatic heterocycles. The van der Waals surface area contributed by atoms with Crippen molar-refractivity contribution in [3.05, 3.63) is 35.9 Å². The molecule has 354 valence electrons. The zero-order valence-electron chi connectivity index (χ0n) is 40.4. The number of hydrogen-bond donors (Lipinski definition) is 3. The summed E-state index contributed by atoms with van der Waals surface area (Å²) in [5.41, 5.74) is 6.47. The largest absolute Gasteiger partial charge is 0.444 e.